The molecule has 0 aliphatic heterocycles. The van der Waals surface area contributed by atoms with Gasteiger partial charge in [0.25, 0.3) is 0 Å². The van der Waals surface area contributed by atoms with Crippen molar-refractivity contribution in [3.05, 3.63) is 77.6 Å². The highest BCUT2D eigenvalue weighted by molar-refractivity contribution is 5.86. The molecule has 0 bridgehead atoms. The van der Waals surface area contributed by atoms with E-state index in [1.54, 1.807) is 12.1 Å². The van der Waals surface area contributed by atoms with E-state index in [1.165, 1.54) is 36.3 Å². The third-order valence-corrected chi connectivity index (χ3v) is 6.23. The molecule has 0 aromatic heterocycles. The fourth-order valence-electron chi connectivity index (χ4n) is 4.84. The Morgan fingerprint density at radius 1 is 1.07 bits per heavy atom. The Balaban J connectivity index is 0.000000806. The van der Waals surface area contributed by atoms with Crippen molar-refractivity contribution in [3.8, 4) is 5.75 Å². The first-order chi connectivity index (χ1) is 14.6. The SMILES string of the molecule is COc1ccc([C@@H]2CC[C@H](C[C@H](C)c3cccc4ccccc34)C2)cc1F.O=C=O. The molecule has 0 radical (unpaired) electrons. The molecule has 1 aliphatic rings. The van der Waals surface area contributed by atoms with Crippen LogP contribution in [-0.2, 0) is 9.59 Å². The summed E-state index contributed by atoms with van der Waals surface area (Å²) in [6.07, 6.45) is 4.98. The summed E-state index contributed by atoms with van der Waals surface area (Å²) in [7, 11) is 1.51. The van der Waals surface area contributed by atoms with Crippen LogP contribution >= 0.6 is 0 Å². The van der Waals surface area contributed by atoms with Gasteiger partial charge in [0.05, 0.1) is 7.11 Å². The van der Waals surface area contributed by atoms with Crippen LogP contribution < -0.4 is 4.74 Å². The van der Waals surface area contributed by atoms with Gasteiger partial charge in [-0.3, -0.25) is 0 Å². The van der Waals surface area contributed by atoms with E-state index in [4.69, 9.17) is 14.3 Å². The van der Waals surface area contributed by atoms with Crippen molar-refractivity contribution in [1.82, 2.24) is 0 Å². The van der Waals surface area contributed by atoms with Crippen molar-refractivity contribution in [1.29, 1.82) is 0 Å². The van der Waals surface area contributed by atoms with Gasteiger partial charge in [0.1, 0.15) is 0 Å². The molecule has 3 aromatic rings. The minimum atomic E-state index is -0.248. The molecule has 0 unspecified atom stereocenters. The number of carbonyl (C=O) groups excluding carboxylic acids is 2. The van der Waals surface area contributed by atoms with Crippen molar-refractivity contribution in [3.63, 3.8) is 0 Å². The van der Waals surface area contributed by atoms with E-state index < -0.39 is 0 Å². The van der Waals surface area contributed by atoms with Crippen LogP contribution in [0.1, 0.15) is 55.6 Å². The van der Waals surface area contributed by atoms with Crippen LogP contribution in [0.15, 0.2) is 60.7 Å². The summed E-state index contributed by atoms with van der Waals surface area (Å²) in [5, 5.41) is 2.69. The zero-order chi connectivity index (χ0) is 21.5. The molecular formula is C26H27FO3. The Kier molecular flexibility index (Phi) is 7.37. The normalized spacial score (nSPS) is 18.9. The topological polar surface area (TPSA) is 43.4 Å². The fourth-order valence-corrected chi connectivity index (χ4v) is 4.84. The van der Waals surface area contributed by atoms with E-state index in [-0.39, 0.29) is 12.0 Å². The smallest absolute Gasteiger partial charge is 0.373 e. The van der Waals surface area contributed by atoms with Gasteiger partial charge in [0.2, 0.25) is 0 Å². The van der Waals surface area contributed by atoms with Crippen LogP contribution in [0.2, 0.25) is 0 Å². The first-order valence-corrected chi connectivity index (χ1v) is 10.4. The fraction of sp³-hybridized carbons (Fsp3) is 0.346. The summed E-state index contributed by atoms with van der Waals surface area (Å²) in [5.74, 6) is 1.79. The molecule has 0 spiro atoms. The highest BCUT2D eigenvalue weighted by Crippen LogP contribution is 2.43. The van der Waals surface area contributed by atoms with Crippen molar-refractivity contribution >= 4 is 16.9 Å². The maximum atomic E-state index is 14.1. The summed E-state index contributed by atoms with van der Waals surface area (Å²) in [5.41, 5.74) is 2.57. The maximum absolute atomic E-state index is 14.1. The first-order valence-electron chi connectivity index (χ1n) is 10.4. The number of methoxy groups -OCH3 is 1. The maximum Gasteiger partial charge on any atom is 0.373 e. The average Bonchev–Trinajstić information content (AvgIpc) is 3.22. The quantitative estimate of drug-likeness (QED) is 0.487. The largest absolute Gasteiger partial charge is 0.494 e. The van der Waals surface area contributed by atoms with E-state index in [0.29, 0.717) is 23.5 Å². The Morgan fingerprint density at radius 3 is 2.53 bits per heavy atom. The monoisotopic (exact) mass is 406 g/mol. The van der Waals surface area contributed by atoms with Crippen molar-refractivity contribution < 1.29 is 18.7 Å². The molecule has 1 aliphatic carbocycles. The molecule has 4 rings (SSSR count). The van der Waals surface area contributed by atoms with E-state index >= 15 is 0 Å². The third-order valence-electron chi connectivity index (χ3n) is 6.23. The summed E-state index contributed by atoms with van der Waals surface area (Å²) in [6.45, 7) is 2.35. The molecule has 3 nitrogen and oxygen atoms in total. The highest BCUT2D eigenvalue weighted by atomic mass is 19.1. The summed E-state index contributed by atoms with van der Waals surface area (Å²) >= 11 is 0. The molecule has 0 amide bonds. The molecule has 3 aromatic carbocycles. The van der Waals surface area contributed by atoms with Crippen LogP contribution in [0.4, 0.5) is 4.39 Å². The number of hydrogen-bond acceptors (Lipinski definition) is 3. The molecule has 4 heteroatoms. The molecule has 30 heavy (non-hydrogen) atoms. The van der Waals surface area contributed by atoms with Crippen LogP contribution in [0.25, 0.3) is 10.8 Å². The Labute approximate surface area is 176 Å². The van der Waals surface area contributed by atoms with Gasteiger partial charge in [0.15, 0.2) is 11.6 Å². The van der Waals surface area contributed by atoms with Crippen molar-refractivity contribution in [2.75, 3.05) is 7.11 Å². The van der Waals surface area contributed by atoms with Gasteiger partial charge >= 0.3 is 6.15 Å². The second kappa shape index (κ2) is 10.2. The molecule has 1 saturated carbocycles. The molecule has 3 atom stereocenters. The zero-order valence-electron chi connectivity index (χ0n) is 17.4. The van der Waals surface area contributed by atoms with Gasteiger partial charge in [-0.05, 0) is 77.5 Å². The summed E-state index contributed by atoms with van der Waals surface area (Å²) in [4.78, 5) is 16.2. The zero-order valence-corrected chi connectivity index (χ0v) is 17.4. The Bertz CT molecular complexity index is 1020. The van der Waals surface area contributed by atoms with Crippen molar-refractivity contribution in [2.45, 2.75) is 44.4 Å². The number of ether oxygens (including phenoxy) is 1. The minimum Gasteiger partial charge on any atom is -0.494 e. The van der Waals surface area contributed by atoms with Gasteiger partial charge in [-0.25, -0.2) is 4.39 Å². The molecule has 0 N–H and O–H groups in total. The minimum absolute atomic E-state index is 0.248. The lowest BCUT2D eigenvalue weighted by Gasteiger charge is -2.19. The number of rotatable bonds is 5. The van der Waals surface area contributed by atoms with E-state index in [0.717, 1.165) is 18.4 Å². The van der Waals surface area contributed by atoms with Gasteiger partial charge in [0, 0.05) is 0 Å². The molecule has 0 saturated heterocycles. The lowest BCUT2D eigenvalue weighted by Crippen LogP contribution is -2.03. The van der Waals surface area contributed by atoms with Gasteiger partial charge in [-0.2, -0.15) is 9.59 Å². The highest BCUT2D eigenvalue weighted by Gasteiger charge is 2.28. The van der Waals surface area contributed by atoms with E-state index in [2.05, 4.69) is 49.4 Å². The van der Waals surface area contributed by atoms with Gasteiger partial charge in [-0.15, -0.1) is 0 Å². The van der Waals surface area contributed by atoms with Crippen LogP contribution in [-0.4, -0.2) is 13.3 Å². The molecule has 156 valence electrons. The Morgan fingerprint density at radius 2 is 1.80 bits per heavy atom. The molecule has 1 fully saturated rings. The molecule has 0 heterocycles. The summed E-state index contributed by atoms with van der Waals surface area (Å²) in [6, 6.07) is 20.8. The number of halogens is 1. The second-order valence-corrected chi connectivity index (χ2v) is 8.06. The number of benzene rings is 3. The van der Waals surface area contributed by atoms with E-state index in [1.807, 2.05) is 6.07 Å². The second-order valence-electron chi connectivity index (χ2n) is 8.06. The van der Waals surface area contributed by atoms with Crippen LogP contribution in [0.3, 0.4) is 0 Å². The lowest BCUT2D eigenvalue weighted by molar-refractivity contribution is -0.191. The standard InChI is InChI=1S/C25H27FO.CO2/c1-17(22-9-5-7-19-6-3-4-8-23(19)22)14-18-10-11-20(15-18)21-12-13-25(27-2)24(26)16-21;2-1-3/h3-9,12-13,16-18,20H,10-11,14-15H2,1-2H3;/t17-,18+,20+;/m0./s1. The predicted molar refractivity (Wildman–Crippen MR) is 115 cm³/mol. The summed E-state index contributed by atoms with van der Waals surface area (Å²) < 4.78 is 19.1. The first kappa shape index (κ1) is 21.7. The Hall–Kier alpha value is -2.97. The van der Waals surface area contributed by atoms with Crippen LogP contribution in [0, 0.1) is 11.7 Å². The predicted octanol–water partition coefficient (Wildman–Crippen LogP) is 6.48. The van der Waals surface area contributed by atoms with Gasteiger partial charge in [-0.1, -0.05) is 55.5 Å². The van der Waals surface area contributed by atoms with E-state index in [9.17, 15) is 4.39 Å². The van der Waals surface area contributed by atoms with Gasteiger partial charge < -0.3 is 4.74 Å². The van der Waals surface area contributed by atoms with Crippen LogP contribution in [0.5, 0.6) is 5.75 Å². The third kappa shape index (κ3) is 4.95. The number of hydrogen-bond donors (Lipinski definition) is 0. The molecular weight excluding hydrogens is 379 g/mol. The lowest BCUT2D eigenvalue weighted by atomic mass is 9.86. The average molecular weight is 406 g/mol. The van der Waals surface area contributed by atoms with Crippen molar-refractivity contribution in [2.24, 2.45) is 5.92 Å². The number of fused-ring (bicyclic) bond motifs is 1.